The van der Waals surface area contributed by atoms with Gasteiger partial charge < -0.3 is 9.90 Å². The molecule has 0 unspecified atom stereocenters. The Balaban J connectivity index is 3.18. The Morgan fingerprint density at radius 2 is 2.00 bits per heavy atom. The second kappa shape index (κ2) is 3.21. The van der Waals surface area contributed by atoms with Crippen molar-refractivity contribution in [1.29, 1.82) is 0 Å². The maximum atomic E-state index is 10.7. The highest BCUT2D eigenvalue weighted by Crippen LogP contribution is 2.26. The summed E-state index contributed by atoms with van der Waals surface area (Å²) >= 11 is 0. The molecule has 0 atom stereocenters. The minimum atomic E-state index is -0.523. The average Bonchev–Trinajstić information content (AvgIpc) is 2.09. The van der Waals surface area contributed by atoms with Crippen LogP contribution >= 0.6 is 0 Å². The summed E-state index contributed by atoms with van der Waals surface area (Å²) in [6, 6.07) is 5.32. The number of hydrogen-bond donors (Lipinski definition) is 1. The first-order valence-corrected chi connectivity index (χ1v) is 4.24. The zero-order valence-electron chi connectivity index (χ0n) is 8.16. The number of carbonyl (C=O) groups excluding carboxylic acids is 1. The fraction of sp³-hybridized carbons (Fsp3) is 0.364. The SMILES string of the molecule is Cc1ccc(C(C)(C)C=O)cc1O. The predicted molar refractivity (Wildman–Crippen MR) is 51.9 cm³/mol. The Kier molecular flexibility index (Phi) is 2.41. The topological polar surface area (TPSA) is 37.3 Å². The van der Waals surface area contributed by atoms with Crippen molar-refractivity contribution in [2.75, 3.05) is 0 Å². The zero-order chi connectivity index (χ0) is 10.1. The fourth-order valence-corrected chi connectivity index (χ4v) is 1.08. The first kappa shape index (κ1) is 9.78. The molecule has 2 nitrogen and oxygen atoms in total. The molecule has 1 rings (SSSR count). The first-order valence-electron chi connectivity index (χ1n) is 4.24. The van der Waals surface area contributed by atoms with Crippen LogP contribution in [-0.2, 0) is 10.2 Å². The fourth-order valence-electron chi connectivity index (χ4n) is 1.08. The molecule has 0 saturated carbocycles. The second-order valence-corrected chi connectivity index (χ2v) is 3.84. The van der Waals surface area contributed by atoms with Crippen LogP contribution in [-0.4, -0.2) is 11.4 Å². The monoisotopic (exact) mass is 178 g/mol. The van der Waals surface area contributed by atoms with Gasteiger partial charge in [0.1, 0.15) is 12.0 Å². The van der Waals surface area contributed by atoms with Crippen LogP contribution in [0.1, 0.15) is 25.0 Å². The van der Waals surface area contributed by atoms with Crippen LogP contribution in [0.3, 0.4) is 0 Å². The average molecular weight is 178 g/mol. The van der Waals surface area contributed by atoms with Crippen LogP contribution in [0.2, 0.25) is 0 Å². The molecule has 0 aliphatic heterocycles. The van der Waals surface area contributed by atoms with Crippen LogP contribution in [0.4, 0.5) is 0 Å². The molecule has 2 heteroatoms. The van der Waals surface area contributed by atoms with Gasteiger partial charge in [0, 0.05) is 5.41 Å². The third-order valence-electron chi connectivity index (χ3n) is 2.25. The van der Waals surface area contributed by atoms with E-state index in [1.54, 1.807) is 6.07 Å². The molecule has 1 aromatic rings. The molecule has 0 amide bonds. The number of phenols is 1. The van der Waals surface area contributed by atoms with Crippen molar-refractivity contribution in [3.8, 4) is 5.75 Å². The van der Waals surface area contributed by atoms with Crippen molar-refractivity contribution in [2.24, 2.45) is 0 Å². The molecular formula is C11H14O2. The van der Waals surface area contributed by atoms with Gasteiger partial charge >= 0.3 is 0 Å². The molecule has 0 aliphatic carbocycles. The van der Waals surface area contributed by atoms with E-state index < -0.39 is 5.41 Å². The van der Waals surface area contributed by atoms with Gasteiger partial charge in [0.2, 0.25) is 0 Å². The van der Waals surface area contributed by atoms with Crippen LogP contribution in [0.25, 0.3) is 0 Å². The van der Waals surface area contributed by atoms with Crippen molar-refractivity contribution in [2.45, 2.75) is 26.2 Å². The maximum absolute atomic E-state index is 10.7. The van der Waals surface area contributed by atoms with Crippen LogP contribution in [0.5, 0.6) is 5.75 Å². The predicted octanol–water partition coefficient (Wildman–Crippen LogP) is 2.18. The Labute approximate surface area is 78.2 Å². The standard InChI is InChI=1S/C11H14O2/c1-8-4-5-9(6-10(8)13)11(2,3)7-12/h4-7,13H,1-3H3. The van der Waals surface area contributed by atoms with E-state index in [9.17, 15) is 9.90 Å². The number of hydrogen-bond acceptors (Lipinski definition) is 2. The summed E-state index contributed by atoms with van der Waals surface area (Å²) in [7, 11) is 0. The van der Waals surface area contributed by atoms with E-state index in [0.717, 1.165) is 17.4 Å². The second-order valence-electron chi connectivity index (χ2n) is 3.84. The van der Waals surface area contributed by atoms with Crippen LogP contribution in [0.15, 0.2) is 18.2 Å². The molecule has 0 saturated heterocycles. The van der Waals surface area contributed by atoms with E-state index in [0.29, 0.717) is 0 Å². The van der Waals surface area contributed by atoms with E-state index in [4.69, 9.17) is 0 Å². The lowest BCUT2D eigenvalue weighted by atomic mass is 9.86. The van der Waals surface area contributed by atoms with Gasteiger partial charge in [-0.2, -0.15) is 0 Å². The Morgan fingerprint density at radius 1 is 1.38 bits per heavy atom. The van der Waals surface area contributed by atoms with Gasteiger partial charge in [-0.05, 0) is 38.0 Å². The van der Waals surface area contributed by atoms with Crippen molar-refractivity contribution < 1.29 is 9.90 Å². The van der Waals surface area contributed by atoms with Gasteiger partial charge in [0.05, 0.1) is 0 Å². The van der Waals surface area contributed by atoms with Crippen molar-refractivity contribution in [3.05, 3.63) is 29.3 Å². The van der Waals surface area contributed by atoms with Gasteiger partial charge in [0.15, 0.2) is 0 Å². The summed E-state index contributed by atoms with van der Waals surface area (Å²) in [6.45, 7) is 5.47. The van der Waals surface area contributed by atoms with Gasteiger partial charge in [0.25, 0.3) is 0 Å². The smallest absolute Gasteiger partial charge is 0.129 e. The third-order valence-corrected chi connectivity index (χ3v) is 2.25. The molecule has 13 heavy (non-hydrogen) atoms. The summed E-state index contributed by atoms with van der Waals surface area (Å²) in [5.41, 5.74) is 1.14. The minimum Gasteiger partial charge on any atom is -0.508 e. The summed E-state index contributed by atoms with van der Waals surface area (Å²) in [5.74, 6) is 0.243. The lowest BCUT2D eigenvalue weighted by molar-refractivity contribution is -0.111. The largest absolute Gasteiger partial charge is 0.508 e. The highest BCUT2D eigenvalue weighted by Gasteiger charge is 2.19. The number of benzene rings is 1. The van der Waals surface area contributed by atoms with Gasteiger partial charge in [-0.15, -0.1) is 0 Å². The number of aromatic hydroxyl groups is 1. The van der Waals surface area contributed by atoms with Crippen molar-refractivity contribution in [3.63, 3.8) is 0 Å². The summed E-state index contributed by atoms with van der Waals surface area (Å²) < 4.78 is 0. The number of carbonyl (C=O) groups is 1. The molecule has 0 aliphatic rings. The molecular weight excluding hydrogens is 164 g/mol. The molecule has 1 aromatic carbocycles. The number of aldehydes is 1. The summed E-state index contributed by atoms with van der Waals surface area (Å²) in [6.07, 6.45) is 0.886. The molecule has 0 spiro atoms. The van der Waals surface area contributed by atoms with Crippen LogP contribution in [0, 0.1) is 6.92 Å². The van der Waals surface area contributed by atoms with Gasteiger partial charge in [-0.25, -0.2) is 0 Å². The molecule has 0 heterocycles. The minimum absolute atomic E-state index is 0.243. The number of phenolic OH excluding ortho intramolecular Hbond substituents is 1. The number of aryl methyl sites for hydroxylation is 1. The lowest BCUT2D eigenvalue weighted by Crippen LogP contribution is -2.18. The quantitative estimate of drug-likeness (QED) is 0.705. The summed E-state index contributed by atoms with van der Waals surface area (Å²) in [4.78, 5) is 10.7. The third kappa shape index (κ3) is 1.89. The molecule has 0 fully saturated rings. The number of rotatable bonds is 2. The molecule has 0 bridgehead atoms. The van der Waals surface area contributed by atoms with Gasteiger partial charge in [-0.1, -0.05) is 12.1 Å². The van der Waals surface area contributed by atoms with E-state index in [1.165, 1.54) is 0 Å². The highest BCUT2D eigenvalue weighted by atomic mass is 16.3. The normalized spacial score (nSPS) is 11.3. The Morgan fingerprint density at radius 3 is 2.46 bits per heavy atom. The Hall–Kier alpha value is -1.31. The lowest BCUT2D eigenvalue weighted by Gasteiger charge is -2.17. The molecule has 0 aromatic heterocycles. The van der Waals surface area contributed by atoms with E-state index in [2.05, 4.69) is 0 Å². The molecule has 0 radical (unpaired) electrons. The van der Waals surface area contributed by atoms with Crippen molar-refractivity contribution >= 4 is 6.29 Å². The Bertz CT molecular complexity index is 327. The van der Waals surface area contributed by atoms with E-state index in [1.807, 2.05) is 32.9 Å². The van der Waals surface area contributed by atoms with E-state index >= 15 is 0 Å². The maximum Gasteiger partial charge on any atom is 0.129 e. The van der Waals surface area contributed by atoms with E-state index in [-0.39, 0.29) is 5.75 Å². The zero-order valence-corrected chi connectivity index (χ0v) is 8.16. The van der Waals surface area contributed by atoms with Crippen LogP contribution < -0.4 is 0 Å². The summed E-state index contributed by atoms with van der Waals surface area (Å²) in [5, 5.41) is 9.44. The molecule has 70 valence electrons. The first-order chi connectivity index (χ1) is 5.97. The highest BCUT2D eigenvalue weighted by molar-refractivity contribution is 5.67. The van der Waals surface area contributed by atoms with Gasteiger partial charge in [-0.3, -0.25) is 0 Å². The molecule has 1 N–H and O–H groups in total. The van der Waals surface area contributed by atoms with Crippen molar-refractivity contribution in [1.82, 2.24) is 0 Å².